The molecule has 1 aliphatic rings. The Labute approximate surface area is 87.4 Å². The second-order valence-corrected chi connectivity index (χ2v) is 4.60. The quantitative estimate of drug-likeness (QED) is 0.702. The first-order valence-electron chi connectivity index (χ1n) is 5.74. The van der Waals surface area contributed by atoms with Crippen molar-refractivity contribution in [2.75, 3.05) is 19.8 Å². The van der Waals surface area contributed by atoms with Gasteiger partial charge in [0.25, 0.3) is 0 Å². The summed E-state index contributed by atoms with van der Waals surface area (Å²) in [6.45, 7) is 7.15. The van der Waals surface area contributed by atoms with Crippen LogP contribution in [0.3, 0.4) is 0 Å². The van der Waals surface area contributed by atoms with Crippen molar-refractivity contribution in [3.8, 4) is 0 Å². The van der Waals surface area contributed by atoms with Gasteiger partial charge < -0.3 is 15.8 Å². The summed E-state index contributed by atoms with van der Waals surface area (Å²) in [4.78, 5) is 0. The van der Waals surface area contributed by atoms with E-state index < -0.39 is 0 Å². The average Bonchev–Trinajstić information content (AvgIpc) is 2.18. The number of hydrogen-bond donors (Lipinski definition) is 2. The highest BCUT2D eigenvalue weighted by Gasteiger charge is 2.26. The maximum atomic E-state index is 5.86. The maximum absolute atomic E-state index is 5.86. The third-order valence-corrected chi connectivity index (χ3v) is 3.03. The zero-order chi connectivity index (χ0) is 10.4. The molecule has 0 radical (unpaired) electrons. The molecule has 1 heterocycles. The minimum Gasteiger partial charge on any atom is -0.380 e. The first-order chi connectivity index (χ1) is 6.66. The number of nitrogens with one attached hydrogen (secondary N) is 1. The highest BCUT2D eigenvalue weighted by atomic mass is 16.5. The SMILES string of the molecule is CCC(N)CCNC1(C)CCCOC1. The Hall–Kier alpha value is -0.120. The molecule has 84 valence electrons. The normalized spacial score (nSPS) is 30.2. The molecule has 0 aromatic rings. The van der Waals surface area contributed by atoms with Gasteiger partial charge in [0, 0.05) is 18.2 Å². The van der Waals surface area contributed by atoms with Crippen LogP contribution in [0, 0.1) is 0 Å². The molecule has 2 atom stereocenters. The molecule has 0 aliphatic carbocycles. The summed E-state index contributed by atoms with van der Waals surface area (Å²) in [5.74, 6) is 0. The molecule has 3 nitrogen and oxygen atoms in total. The molecule has 3 heteroatoms. The van der Waals surface area contributed by atoms with Crippen LogP contribution < -0.4 is 11.1 Å². The van der Waals surface area contributed by atoms with E-state index in [0.29, 0.717) is 6.04 Å². The van der Waals surface area contributed by atoms with Crippen LogP contribution in [0.5, 0.6) is 0 Å². The first-order valence-corrected chi connectivity index (χ1v) is 5.74. The molecular formula is C11H24N2O. The Bertz CT molecular complexity index is 155. The van der Waals surface area contributed by atoms with E-state index in [1.54, 1.807) is 0 Å². The molecule has 1 aliphatic heterocycles. The Morgan fingerprint density at radius 1 is 1.57 bits per heavy atom. The average molecular weight is 200 g/mol. The lowest BCUT2D eigenvalue weighted by molar-refractivity contribution is 0.0284. The van der Waals surface area contributed by atoms with Crippen molar-refractivity contribution in [2.45, 2.75) is 51.1 Å². The Kier molecular flexibility index (Phi) is 4.85. The van der Waals surface area contributed by atoms with Crippen LogP contribution in [0.15, 0.2) is 0 Å². The molecule has 0 amide bonds. The third-order valence-electron chi connectivity index (χ3n) is 3.03. The predicted octanol–water partition coefficient (Wildman–Crippen LogP) is 1.27. The van der Waals surface area contributed by atoms with Crippen LogP contribution >= 0.6 is 0 Å². The van der Waals surface area contributed by atoms with E-state index in [1.807, 2.05) is 0 Å². The van der Waals surface area contributed by atoms with E-state index in [2.05, 4.69) is 19.2 Å². The van der Waals surface area contributed by atoms with Crippen LogP contribution in [0.4, 0.5) is 0 Å². The second-order valence-electron chi connectivity index (χ2n) is 4.60. The van der Waals surface area contributed by atoms with Gasteiger partial charge in [-0.2, -0.15) is 0 Å². The molecular weight excluding hydrogens is 176 g/mol. The molecule has 0 saturated carbocycles. The third kappa shape index (κ3) is 3.95. The van der Waals surface area contributed by atoms with E-state index in [-0.39, 0.29) is 5.54 Å². The highest BCUT2D eigenvalue weighted by Crippen LogP contribution is 2.17. The standard InChI is InChI=1S/C11H24N2O/c1-3-10(12)5-7-13-11(2)6-4-8-14-9-11/h10,13H,3-9,12H2,1-2H3. The van der Waals surface area contributed by atoms with Crippen molar-refractivity contribution in [2.24, 2.45) is 5.73 Å². The monoisotopic (exact) mass is 200 g/mol. The van der Waals surface area contributed by atoms with Gasteiger partial charge in [-0.1, -0.05) is 6.92 Å². The maximum Gasteiger partial charge on any atom is 0.0645 e. The summed E-state index contributed by atoms with van der Waals surface area (Å²) in [5.41, 5.74) is 6.05. The van der Waals surface area contributed by atoms with Crippen molar-refractivity contribution in [1.82, 2.24) is 5.32 Å². The fourth-order valence-corrected chi connectivity index (χ4v) is 1.84. The smallest absolute Gasteiger partial charge is 0.0645 e. The lowest BCUT2D eigenvalue weighted by Gasteiger charge is -2.34. The molecule has 0 spiro atoms. The molecule has 0 aromatic heterocycles. The summed E-state index contributed by atoms with van der Waals surface area (Å²) in [6.07, 6.45) is 4.51. The topological polar surface area (TPSA) is 47.3 Å². The Morgan fingerprint density at radius 3 is 2.93 bits per heavy atom. The summed E-state index contributed by atoms with van der Waals surface area (Å²) < 4.78 is 5.48. The molecule has 1 saturated heterocycles. The van der Waals surface area contributed by atoms with E-state index >= 15 is 0 Å². The molecule has 3 N–H and O–H groups in total. The van der Waals surface area contributed by atoms with Crippen LogP contribution in [-0.4, -0.2) is 31.3 Å². The number of ether oxygens (including phenoxy) is 1. The zero-order valence-electron chi connectivity index (χ0n) is 9.51. The Morgan fingerprint density at radius 2 is 2.36 bits per heavy atom. The van der Waals surface area contributed by atoms with Crippen LogP contribution in [0.2, 0.25) is 0 Å². The van der Waals surface area contributed by atoms with Crippen molar-refractivity contribution >= 4 is 0 Å². The minimum atomic E-state index is 0.186. The van der Waals surface area contributed by atoms with Crippen molar-refractivity contribution in [3.05, 3.63) is 0 Å². The number of hydrogen-bond acceptors (Lipinski definition) is 3. The summed E-state index contributed by atoms with van der Waals surface area (Å²) in [7, 11) is 0. The lowest BCUT2D eigenvalue weighted by Crippen LogP contribution is -2.49. The van der Waals surface area contributed by atoms with Gasteiger partial charge in [0.15, 0.2) is 0 Å². The van der Waals surface area contributed by atoms with E-state index in [1.165, 1.54) is 12.8 Å². The van der Waals surface area contributed by atoms with Gasteiger partial charge in [0.2, 0.25) is 0 Å². The fraction of sp³-hybridized carbons (Fsp3) is 1.00. The van der Waals surface area contributed by atoms with E-state index in [0.717, 1.165) is 32.6 Å². The highest BCUT2D eigenvalue weighted by molar-refractivity contribution is 4.85. The minimum absolute atomic E-state index is 0.186. The van der Waals surface area contributed by atoms with Gasteiger partial charge in [-0.15, -0.1) is 0 Å². The summed E-state index contributed by atoms with van der Waals surface area (Å²) in [6, 6.07) is 0.343. The van der Waals surface area contributed by atoms with Gasteiger partial charge in [0.1, 0.15) is 0 Å². The summed E-state index contributed by atoms with van der Waals surface area (Å²) >= 11 is 0. The van der Waals surface area contributed by atoms with Gasteiger partial charge in [-0.05, 0) is 39.2 Å². The molecule has 0 bridgehead atoms. The van der Waals surface area contributed by atoms with Gasteiger partial charge in [-0.25, -0.2) is 0 Å². The molecule has 0 aromatic carbocycles. The van der Waals surface area contributed by atoms with Crippen molar-refractivity contribution in [3.63, 3.8) is 0 Å². The van der Waals surface area contributed by atoms with Crippen LogP contribution in [0.25, 0.3) is 0 Å². The number of rotatable bonds is 5. The first kappa shape index (κ1) is 12.0. The summed E-state index contributed by atoms with van der Waals surface area (Å²) in [5, 5.41) is 3.56. The van der Waals surface area contributed by atoms with Crippen molar-refractivity contribution < 1.29 is 4.74 Å². The predicted molar refractivity (Wildman–Crippen MR) is 59.3 cm³/mol. The van der Waals surface area contributed by atoms with Crippen molar-refractivity contribution in [1.29, 1.82) is 0 Å². The lowest BCUT2D eigenvalue weighted by atomic mass is 9.94. The fourth-order valence-electron chi connectivity index (χ4n) is 1.84. The van der Waals surface area contributed by atoms with Gasteiger partial charge in [-0.3, -0.25) is 0 Å². The van der Waals surface area contributed by atoms with E-state index in [9.17, 15) is 0 Å². The van der Waals surface area contributed by atoms with Crippen LogP contribution in [-0.2, 0) is 4.74 Å². The molecule has 1 fully saturated rings. The van der Waals surface area contributed by atoms with E-state index in [4.69, 9.17) is 10.5 Å². The molecule has 2 unspecified atom stereocenters. The van der Waals surface area contributed by atoms with Gasteiger partial charge in [0.05, 0.1) is 6.61 Å². The molecule has 14 heavy (non-hydrogen) atoms. The number of nitrogens with two attached hydrogens (primary N) is 1. The largest absolute Gasteiger partial charge is 0.380 e. The zero-order valence-corrected chi connectivity index (χ0v) is 9.51. The second kappa shape index (κ2) is 5.69. The van der Waals surface area contributed by atoms with Gasteiger partial charge >= 0.3 is 0 Å². The Balaban J connectivity index is 2.15. The van der Waals surface area contributed by atoms with Crippen LogP contribution in [0.1, 0.15) is 39.5 Å². The molecule has 1 rings (SSSR count).